The van der Waals surface area contributed by atoms with Crippen molar-refractivity contribution in [2.75, 3.05) is 13.6 Å². The molecular weight excluding hydrogens is 288 g/mol. The zero-order valence-electron chi connectivity index (χ0n) is 14.7. The van der Waals surface area contributed by atoms with E-state index in [9.17, 15) is 4.79 Å². The van der Waals surface area contributed by atoms with Gasteiger partial charge in [-0.3, -0.25) is 9.79 Å². The maximum atomic E-state index is 11.9. The van der Waals surface area contributed by atoms with Crippen molar-refractivity contribution in [2.24, 2.45) is 10.9 Å². The Bertz CT molecular complexity index is 485. The topological polar surface area (TPSA) is 65.5 Å². The number of carbonyl (C=O) groups excluding carboxylic acids is 1. The van der Waals surface area contributed by atoms with Gasteiger partial charge in [-0.25, -0.2) is 0 Å². The van der Waals surface area contributed by atoms with E-state index in [0.29, 0.717) is 24.5 Å². The van der Waals surface area contributed by atoms with Gasteiger partial charge in [-0.05, 0) is 31.2 Å². The van der Waals surface area contributed by atoms with Crippen molar-refractivity contribution in [1.82, 2.24) is 16.0 Å². The summed E-state index contributed by atoms with van der Waals surface area (Å²) < 4.78 is 0. The van der Waals surface area contributed by atoms with E-state index in [1.807, 2.05) is 30.3 Å². The minimum absolute atomic E-state index is 0.0494. The van der Waals surface area contributed by atoms with Crippen LogP contribution >= 0.6 is 0 Å². The molecule has 23 heavy (non-hydrogen) atoms. The van der Waals surface area contributed by atoms with Gasteiger partial charge >= 0.3 is 0 Å². The second-order valence-corrected chi connectivity index (χ2v) is 6.20. The van der Waals surface area contributed by atoms with Gasteiger partial charge in [0.05, 0.1) is 6.54 Å². The van der Waals surface area contributed by atoms with E-state index in [1.54, 1.807) is 7.05 Å². The van der Waals surface area contributed by atoms with E-state index >= 15 is 0 Å². The highest BCUT2D eigenvalue weighted by Gasteiger charge is 2.08. The fourth-order valence-corrected chi connectivity index (χ4v) is 2.11. The summed E-state index contributed by atoms with van der Waals surface area (Å²) in [5, 5.41) is 9.25. The molecule has 1 aromatic carbocycles. The molecule has 0 fully saturated rings. The molecule has 5 nitrogen and oxygen atoms in total. The van der Waals surface area contributed by atoms with Gasteiger partial charge in [-0.15, -0.1) is 0 Å². The van der Waals surface area contributed by atoms with Crippen LogP contribution in [0.2, 0.25) is 0 Å². The third-order valence-electron chi connectivity index (χ3n) is 3.53. The summed E-state index contributed by atoms with van der Waals surface area (Å²) in [4.78, 5) is 16.0. The molecule has 0 aliphatic carbocycles. The highest BCUT2D eigenvalue weighted by Crippen LogP contribution is 2.06. The van der Waals surface area contributed by atoms with Crippen LogP contribution in [0.5, 0.6) is 0 Å². The maximum absolute atomic E-state index is 11.9. The smallest absolute Gasteiger partial charge is 0.239 e. The minimum atomic E-state index is -0.0494. The Kier molecular flexibility index (Phi) is 8.80. The Hall–Kier alpha value is -2.04. The molecule has 0 aliphatic rings. The molecule has 5 heteroatoms. The fraction of sp³-hybridized carbons (Fsp3) is 0.556. The number of benzene rings is 1. The highest BCUT2D eigenvalue weighted by molar-refractivity contribution is 5.86. The lowest BCUT2D eigenvalue weighted by atomic mass is 10.0. The largest absolute Gasteiger partial charge is 0.354 e. The van der Waals surface area contributed by atoms with Crippen LogP contribution in [0.4, 0.5) is 0 Å². The average Bonchev–Trinajstić information content (AvgIpc) is 2.55. The molecule has 128 valence electrons. The normalized spacial score (nSPS) is 12.8. The molecule has 1 rings (SSSR count). The molecule has 1 aromatic rings. The third-order valence-corrected chi connectivity index (χ3v) is 3.53. The van der Waals surface area contributed by atoms with Crippen molar-refractivity contribution < 1.29 is 4.79 Å². The van der Waals surface area contributed by atoms with Crippen LogP contribution in [-0.2, 0) is 11.3 Å². The Morgan fingerprint density at radius 3 is 2.39 bits per heavy atom. The molecule has 1 amide bonds. The number of carbonyl (C=O) groups is 1. The molecule has 1 atom stereocenters. The van der Waals surface area contributed by atoms with E-state index in [-0.39, 0.29) is 12.5 Å². The van der Waals surface area contributed by atoms with E-state index < -0.39 is 0 Å². The fourth-order valence-electron chi connectivity index (χ4n) is 2.11. The van der Waals surface area contributed by atoms with Crippen molar-refractivity contribution in [2.45, 2.75) is 46.2 Å². The quantitative estimate of drug-likeness (QED) is 0.509. The standard InChI is InChI=1S/C18H30N4O/c1-14(2)10-11-15(3)22-18(19-4)21-13-17(23)20-12-16-8-6-5-7-9-16/h5-9,14-15H,10-13H2,1-4H3,(H,20,23)(H2,19,21,22). The lowest BCUT2D eigenvalue weighted by Gasteiger charge is -2.18. The third kappa shape index (κ3) is 8.86. The molecule has 3 N–H and O–H groups in total. The summed E-state index contributed by atoms with van der Waals surface area (Å²) in [7, 11) is 1.71. The van der Waals surface area contributed by atoms with Gasteiger partial charge in [0, 0.05) is 19.6 Å². The van der Waals surface area contributed by atoms with Crippen LogP contribution in [-0.4, -0.2) is 31.5 Å². The molecule has 1 unspecified atom stereocenters. The van der Waals surface area contributed by atoms with Gasteiger partial charge in [0.2, 0.25) is 5.91 Å². The molecule has 0 saturated carbocycles. The van der Waals surface area contributed by atoms with Gasteiger partial charge in [0.25, 0.3) is 0 Å². The number of nitrogens with one attached hydrogen (secondary N) is 3. The minimum Gasteiger partial charge on any atom is -0.354 e. The predicted octanol–water partition coefficient (Wildman–Crippen LogP) is 2.29. The van der Waals surface area contributed by atoms with Crippen LogP contribution in [0, 0.1) is 5.92 Å². The number of amides is 1. The van der Waals surface area contributed by atoms with Crippen LogP contribution < -0.4 is 16.0 Å². The van der Waals surface area contributed by atoms with Gasteiger partial charge < -0.3 is 16.0 Å². The molecule has 0 aliphatic heterocycles. The summed E-state index contributed by atoms with van der Waals surface area (Å²) in [5.41, 5.74) is 1.09. The van der Waals surface area contributed by atoms with Crippen LogP contribution in [0.1, 0.15) is 39.2 Å². The Balaban J connectivity index is 2.26. The molecular formula is C18H30N4O. The van der Waals surface area contributed by atoms with Crippen molar-refractivity contribution in [3.05, 3.63) is 35.9 Å². The molecule has 0 aromatic heterocycles. The average molecular weight is 318 g/mol. The summed E-state index contributed by atoms with van der Waals surface area (Å²) in [5.74, 6) is 1.31. The van der Waals surface area contributed by atoms with E-state index in [2.05, 4.69) is 41.7 Å². The van der Waals surface area contributed by atoms with E-state index in [4.69, 9.17) is 0 Å². The highest BCUT2D eigenvalue weighted by atomic mass is 16.1. The van der Waals surface area contributed by atoms with Crippen molar-refractivity contribution in [3.63, 3.8) is 0 Å². The second-order valence-electron chi connectivity index (χ2n) is 6.20. The van der Waals surface area contributed by atoms with Crippen molar-refractivity contribution >= 4 is 11.9 Å². The molecule has 0 bridgehead atoms. The van der Waals surface area contributed by atoms with Gasteiger partial charge in [0.1, 0.15) is 0 Å². The number of hydrogen-bond acceptors (Lipinski definition) is 2. The summed E-state index contributed by atoms with van der Waals surface area (Å²) in [6, 6.07) is 10.2. The number of nitrogens with zero attached hydrogens (tertiary/aromatic N) is 1. The zero-order chi connectivity index (χ0) is 17.1. The van der Waals surface area contributed by atoms with Crippen LogP contribution in [0.25, 0.3) is 0 Å². The lowest BCUT2D eigenvalue weighted by Crippen LogP contribution is -2.46. The van der Waals surface area contributed by atoms with E-state index in [0.717, 1.165) is 12.0 Å². The molecule has 0 heterocycles. The zero-order valence-corrected chi connectivity index (χ0v) is 14.7. The first-order valence-electron chi connectivity index (χ1n) is 8.29. The summed E-state index contributed by atoms with van der Waals surface area (Å²) >= 11 is 0. The molecule has 0 saturated heterocycles. The van der Waals surface area contributed by atoms with Gasteiger partial charge in [-0.2, -0.15) is 0 Å². The monoisotopic (exact) mass is 318 g/mol. The van der Waals surface area contributed by atoms with E-state index in [1.165, 1.54) is 6.42 Å². The van der Waals surface area contributed by atoms with Crippen molar-refractivity contribution in [1.29, 1.82) is 0 Å². The number of guanidine groups is 1. The number of rotatable bonds is 8. The molecule has 0 radical (unpaired) electrons. The van der Waals surface area contributed by atoms with Crippen LogP contribution in [0.15, 0.2) is 35.3 Å². The van der Waals surface area contributed by atoms with Gasteiger partial charge in [-0.1, -0.05) is 44.2 Å². The number of hydrogen-bond donors (Lipinski definition) is 3. The number of aliphatic imine (C=N–C) groups is 1. The second kappa shape index (κ2) is 10.6. The SMILES string of the molecule is CN=C(NCC(=O)NCc1ccccc1)NC(C)CCC(C)C. The Morgan fingerprint density at radius 2 is 1.78 bits per heavy atom. The van der Waals surface area contributed by atoms with Crippen LogP contribution in [0.3, 0.4) is 0 Å². The summed E-state index contributed by atoms with van der Waals surface area (Å²) in [6.45, 7) is 7.32. The van der Waals surface area contributed by atoms with Gasteiger partial charge in [0.15, 0.2) is 5.96 Å². The first-order chi connectivity index (χ1) is 11.0. The first kappa shape index (κ1) is 19.0. The Morgan fingerprint density at radius 1 is 1.09 bits per heavy atom. The summed E-state index contributed by atoms with van der Waals surface area (Å²) in [6.07, 6.45) is 2.25. The molecule has 0 spiro atoms. The van der Waals surface area contributed by atoms with Crippen molar-refractivity contribution in [3.8, 4) is 0 Å². The predicted molar refractivity (Wildman–Crippen MR) is 96.3 cm³/mol. The maximum Gasteiger partial charge on any atom is 0.239 e. The first-order valence-corrected chi connectivity index (χ1v) is 8.29. The Labute approximate surface area is 140 Å². The lowest BCUT2D eigenvalue weighted by molar-refractivity contribution is -0.120.